The summed E-state index contributed by atoms with van der Waals surface area (Å²) in [4.78, 5) is 23.7. The van der Waals surface area contributed by atoms with E-state index >= 15 is 0 Å². The van der Waals surface area contributed by atoms with Gasteiger partial charge in [-0.1, -0.05) is 32.4 Å². The molecule has 8 atom stereocenters. The summed E-state index contributed by atoms with van der Waals surface area (Å²) in [5, 5.41) is 0. The van der Waals surface area contributed by atoms with Gasteiger partial charge in [-0.05, 0) is 79.4 Å². The van der Waals surface area contributed by atoms with Crippen LogP contribution >= 0.6 is 0 Å². The smallest absolute Gasteiger partial charge is 0.308 e. The highest BCUT2D eigenvalue weighted by Crippen LogP contribution is 2.67. The van der Waals surface area contributed by atoms with Crippen LogP contribution in [-0.4, -0.2) is 25.2 Å². The molecule has 4 nitrogen and oxygen atoms in total. The van der Waals surface area contributed by atoms with E-state index in [9.17, 15) is 9.59 Å². The van der Waals surface area contributed by atoms with Gasteiger partial charge in [0.2, 0.25) is 0 Å². The standard InChI is InChI=1S/C25H38O4/c1-15(23(27)28-5)20-8-9-21-19-7-6-17-14-18(29-16(2)26)10-12-24(17,3)22(19)11-13-25(20,21)4/h6,15,18-22H,7-14H2,1-5H3/t15-,18-,19?,20?,21?,22?,24?,25?/m0/s1. The van der Waals surface area contributed by atoms with E-state index < -0.39 is 0 Å². The zero-order chi connectivity index (χ0) is 21.0. The minimum atomic E-state index is -0.155. The van der Waals surface area contributed by atoms with Crippen molar-refractivity contribution in [2.45, 2.75) is 85.2 Å². The number of rotatable bonds is 3. The maximum Gasteiger partial charge on any atom is 0.308 e. The Labute approximate surface area is 175 Å². The van der Waals surface area contributed by atoms with E-state index in [0.717, 1.165) is 43.9 Å². The van der Waals surface area contributed by atoms with E-state index in [4.69, 9.17) is 9.47 Å². The van der Waals surface area contributed by atoms with Gasteiger partial charge in [-0.2, -0.15) is 0 Å². The zero-order valence-electron chi connectivity index (χ0n) is 18.8. The van der Waals surface area contributed by atoms with Crippen LogP contribution in [0.3, 0.4) is 0 Å². The molecule has 0 spiro atoms. The number of hydrogen-bond donors (Lipinski definition) is 0. The molecule has 0 aromatic heterocycles. The Morgan fingerprint density at radius 3 is 2.55 bits per heavy atom. The highest BCUT2D eigenvalue weighted by molar-refractivity contribution is 5.72. The van der Waals surface area contributed by atoms with Crippen LogP contribution in [0.4, 0.5) is 0 Å². The lowest BCUT2D eigenvalue weighted by molar-refractivity contribution is -0.150. The Bertz CT molecular complexity index is 712. The molecule has 0 radical (unpaired) electrons. The summed E-state index contributed by atoms with van der Waals surface area (Å²) < 4.78 is 10.7. The first-order valence-corrected chi connectivity index (χ1v) is 11.6. The quantitative estimate of drug-likeness (QED) is 0.474. The Hall–Kier alpha value is -1.32. The number of fused-ring (bicyclic) bond motifs is 5. The number of methoxy groups -OCH3 is 1. The Morgan fingerprint density at radius 2 is 1.86 bits per heavy atom. The molecule has 4 rings (SSSR count). The van der Waals surface area contributed by atoms with Crippen molar-refractivity contribution in [2.75, 3.05) is 7.11 Å². The molecule has 0 heterocycles. The van der Waals surface area contributed by atoms with Crippen LogP contribution < -0.4 is 0 Å². The molecule has 0 aromatic carbocycles. The summed E-state index contributed by atoms with van der Waals surface area (Å²) in [7, 11) is 1.52. The van der Waals surface area contributed by atoms with E-state index in [1.807, 2.05) is 0 Å². The summed E-state index contributed by atoms with van der Waals surface area (Å²) in [5.41, 5.74) is 2.05. The molecule has 0 amide bonds. The van der Waals surface area contributed by atoms with E-state index in [-0.39, 0.29) is 34.8 Å². The first-order valence-electron chi connectivity index (χ1n) is 11.6. The van der Waals surface area contributed by atoms with E-state index in [2.05, 4.69) is 26.8 Å². The molecule has 6 unspecified atom stereocenters. The number of ether oxygens (including phenoxy) is 2. The molecule has 0 saturated heterocycles. The minimum absolute atomic E-state index is 0.00370. The van der Waals surface area contributed by atoms with Crippen molar-refractivity contribution < 1.29 is 19.1 Å². The average molecular weight is 403 g/mol. The number of allylic oxidation sites excluding steroid dienone is 1. The highest BCUT2D eigenvalue weighted by Gasteiger charge is 2.59. The van der Waals surface area contributed by atoms with Gasteiger partial charge in [0.15, 0.2) is 0 Å². The van der Waals surface area contributed by atoms with Gasteiger partial charge in [0.1, 0.15) is 6.10 Å². The SMILES string of the molecule is COC(=O)[C@@H](C)C1CCC2C3CC=C4C[C@@H](OC(C)=O)CCC4(C)C3CCC21C. The Kier molecular flexibility index (Phi) is 5.36. The Morgan fingerprint density at radius 1 is 1.10 bits per heavy atom. The summed E-state index contributed by atoms with van der Waals surface area (Å²) in [6, 6.07) is 0. The van der Waals surface area contributed by atoms with Gasteiger partial charge in [0.25, 0.3) is 0 Å². The molecule has 0 N–H and O–H groups in total. The monoisotopic (exact) mass is 402 g/mol. The van der Waals surface area contributed by atoms with Crippen molar-refractivity contribution in [2.24, 2.45) is 40.4 Å². The van der Waals surface area contributed by atoms with Crippen molar-refractivity contribution >= 4 is 11.9 Å². The molecule has 0 bridgehead atoms. The number of carbonyl (C=O) groups excluding carboxylic acids is 2. The molecule has 162 valence electrons. The lowest BCUT2D eigenvalue weighted by atomic mass is 9.47. The van der Waals surface area contributed by atoms with Crippen LogP contribution in [0, 0.1) is 40.4 Å². The van der Waals surface area contributed by atoms with Gasteiger partial charge in [-0.3, -0.25) is 9.59 Å². The first-order chi connectivity index (χ1) is 13.7. The zero-order valence-corrected chi connectivity index (χ0v) is 18.8. The van der Waals surface area contributed by atoms with Crippen molar-refractivity contribution in [3.8, 4) is 0 Å². The molecular weight excluding hydrogens is 364 g/mol. The van der Waals surface area contributed by atoms with Gasteiger partial charge in [0.05, 0.1) is 13.0 Å². The van der Waals surface area contributed by atoms with E-state index in [1.54, 1.807) is 0 Å². The fourth-order valence-corrected chi connectivity index (χ4v) is 8.17. The first kappa shape index (κ1) is 20.9. The number of carbonyl (C=O) groups is 2. The second-order valence-corrected chi connectivity index (χ2v) is 10.8. The predicted molar refractivity (Wildman–Crippen MR) is 112 cm³/mol. The molecule has 3 fully saturated rings. The molecule has 0 aromatic rings. The van der Waals surface area contributed by atoms with Crippen LogP contribution in [0.1, 0.15) is 79.1 Å². The number of esters is 2. The maximum absolute atomic E-state index is 12.3. The fourth-order valence-electron chi connectivity index (χ4n) is 8.17. The highest BCUT2D eigenvalue weighted by atomic mass is 16.5. The molecule has 29 heavy (non-hydrogen) atoms. The van der Waals surface area contributed by atoms with Gasteiger partial charge >= 0.3 is 11.9 Å². The van der Waals surface area contributed by atoms with Gasteiger partial charge in [-0.15, -0.1) is 0 Å². The maximum atomic E-state index is 12.3. The summed E-state index contributed by atoms with van der Waals surface area (Å²) in [5.74, 6) is 2.40. The fraction of sp³-hybridized carbons (Fsp3) is 0.840. The topological polar surface area (TPSA) is 52.6 Å². The van der Waals surface area contributed by atoms with Gasteiger partial charge in [-0.25, -0.2) is 0 Å². The summed E-state index contributed by atoms with van der Waals surface area (Å²) in [6.07, 6.45) is 11.6. The minimum Gasteiger partial charge on any atom is -0.469 e. The average Bonchev–Trinajstić information content (AvgIpc) is 3.03. The second kappa shape index (κ2) is 7.42. The van der Waals surface area contributed by atoms with Crippen molar-refractivity contribution in [1.82, 2.24) is 0 Å². The van der Waals surface area contributed by atoms with Crippen LogP contribution in [-0.2, 0) is 19.1 Å². The third-order valence-corrected chi connectivity index (χ3v) is 9.64. The molecule has 4 aliphatic rings. The summed E-state index contributed by atoms with van der Waals surface area (Å²) >= 11 is 0. The van der Waals surface area contributed by atoms with Crippen molar-refractivity contribution in [1.29, 1.82) is 0 Å². The lowest BCUT2D eigenvalue weighted by Gasteiger charge is -2.58. The van der Waals surface area contributed by atoms with E-state index in [0.29, 0.717) is 11.8 Å². The molecule has 3 saturated carbocycles. The molecule has 4 aliphatic carbocycles. The van der Waals surface area contributed by atoms with Gasteiger partial charge in [0, 0.05) is 13.3 Å². The van der Waals surface area contributed by atoms with Crippen molar-refractivity contribution in [3.05, 3.63) is 11.6 Å². The lowest BCUT2D eigenvalue weighted by Crippen LogP contribution is -2.51. The summed E-state index contributed by atoms with van der Waals surface area (Å²) in [6.45, 7) is 8.54. The van der Waals surface area contributed by atoms with Crippen LogP contribution in [0.5, 0.6) is 0 Å². The normalized spacial score (nSPS) is 44.6. The number of hydrogen-bond acceptors (Lipinski definition) is 4. The molecule has 0 aliphatic heterocycles. The third-order valence-electron chi connectivity index (χ3n) is 9.64. The Balaban J connectivity index is 1.56. The van der Waals surface area contributed by atoms with Crippen LogP contribution in [0.2, 0.25) is 0 Å². The van der Waals surface area contributed by atoms with Crippen molar-refractivity contribution in [3.63, 3.8) is 0 Å². The van der Waals surface area contributed by atoms with E-state index in [1.165, 1.54) is 38.9 Å². The van der Waals surface area contributed by atoms with Crippen LogP contribution in [0.25, 0.3) is 0 Å². The predicted octanol–water partition coefficient (Wildman–Crippen LogP) is 5.31. The van der Waals surface area contributed by atoms with Crippen LogP contribution in [0.15, 0.2) is 11.6 Å². The largest absolute Gasteiger partial charge is 0.469 e. The third kappa shape index (κ3) is 3.25. The molecular formula is C25H38O4. The molecule has 4 heteroatoms. The second-order valence-electron chi connectivity index (χ2n) is 10.8. The van der Waals surface area contributed by atoms with Gasteiger partial charge < -0.3 is 9.47 Å².